The van der Waals surface area contributed by atoms with Gasteiger partial charge >= 0.3 is 0 Å². The van der Waals surface area contributed by atoms with E-state index in [4.69, 9.17) is 0 Å². The maximum Gasteiger partial charge on any atom is 0.129 e. The highest BCUT2D eigenvalue weighted by molar-refractivity contribution is 5.24. The van der Waals surface area contributed by atoms with Gasteiger partial charge in [-0.25, -0.2) is 8.78 Å². The first-order valence-electron chi connectivity index (χ1n) is 4.80. The normalized spacial score (nSPS) is 15.0. The topological polar surface area (TPSA) is 32.3 Å². The Labute approximate surface area is 87.9 Å². The molecule has 0 heterocycles. The summed E-state index contributed by atoms with van der Waals surface area (Å²) in [5.41, 5.74) is -1.35. The van der Waals surface area contributed by atoms with Crippen LogP contribution in [0.3, 0.4) is 0 Å². The van der Waals surface area contributed by atoms with Crippen molar-refractivity contribution in [1.82, 2.24) is 5.32 Å². The van der Waals surface area contributed by atoms with Gasteiger partial charge < -0.3 is 10.4 Å². The summed E-state index contributed by atoms with van der Waals surface area (Å²) in [6, 6.07) is 3.09. The second-order valence-electron chi connectivity index (χ2n) is 3.75. The van der Waals surface area contributed by atoms with Crippen LogP contribution in [0.15, 0.2) is 18.2 Å². The molecule has 0 bridgehead atoms. The average molecular weight is 215 g/mol. The van der Waals surface area contributed by atoms with Crippen LogP contribution in [0, 0.1) is 11.6 Å². The lowest BCUT2D eigenvalue weighted by atomic mass is 9.92. The SMILES string of the molecule is CNCCC(C)(O)c1cc(F)ccc1F. The molecule has 0 radical (unpaired) electrons. The second kappa shape index (κ2) is 4.68. The summed E-state index contributed by atoms with van der Waals surface area (Å²) in [7, 11) is 1.73. The van der Waals surface area contributed by atoms with Crippen molar-refractivity contribution in [2.24, 2.45) is 0 Å². The zero-order chi connectivity index (χ0) is 11.5. The Morgan fingerprint density at radius 3 is 2.67 bits per heavy atom. The predicted octanol–water partition coefficient (Wildman–Crippen LogP) is 1.78. The van der Waals surface area contributed by atoms with Gasteiger partial charge in [-0.1, -0.05) is 0 Å². The van der Waals surface area contributed by atoms with Crippen LogP contribution in [0.25, 0.3) is 0 Å². The van der Waals surface area contributed by atoms with Crippen LogP contribution in [-0.2, 0) is 5.60 Å². The second-order valence-corrected chi connectivity index (χ2v) is 3.75. The van der Waals surface area contributed by atoms with Gasteiger partial charge in [0.25, 0.3) is 0 Å². The third-order valence-corrected chi connectivity index (χ3v) is 2.37. The van der Waals surface area contributed by atoms with Crippen LogP contribution in [0.2, 0.25) is 0 Å². The minimum absolute atomic E-state index is 0.00208. The molecule has 15 heavy (non-hydrogen) atoms. The molecule has 0 saturated heterocycles. The fraction of sp³-hybridized carbons (Fsp3) is 0.455. The molecule has 0 aliphatic rings. The zero-order valence-corrected chi connectivity index (χ0v) is 8.85. The molecule has 1 aromatic rings. The van der Waals surface area contributed by atoms with Crippen molar-refractivity contribution >= 4 is 0 Å². The van der Waals surface area contributed by atoms with Crippen molar-refractivity contribution in [3.05, 3.63) is 35.4 Å². The van der Waals surface area contributed by atoms with Crippen molar-refractivity contribution in [3.63, 3.8) is 0 Å². The lowest BCUT2D eigenvalue weighted by molar-refractivity contribution is 0.0445. The molecular weight excluding hydrogens is 200 g/mol. The Morgan fingerprint density at radius 1 is 1.40 bits per heavy atom. The van der Waals surface area contributed by atoms with Gasteiger partial charge in [0.1, 0.15) is 11.6 Å². The standard InChI is InChI=1S/C11H15F2NO/c1-11(15,5-6-14-2)9-7-8(12)3-4-10(9)13/h3-4,7,14-15H,5-6H2,1-2H3. The van der Waals surface area contributed by atoms with Crippen LogP contribution < -0.4 is 5.32 Å². The molecule has 0 saturated carbocycles. The fourth-order valence-electron chi connectivity index (χ4n) is 1.41. The average Bonchev–Trinajstić information content (AvgIpc) is 2.18. The molecule has 1 aromatic carbocycles. The third-order valence-electron chi connectivity index (χ3n) is 2.37. The first kappa shape index (κ1) is 12.1. The monoisotopic (exact) mass is 215 g/mol. The van der Waals surface area contributed by atoms with E-state index in [-0.39, 0.29) is 5.56 Å². The number of hydrogen-bond acceptors (Lipinski definition) is 2. The first-order valence-corrected chi connectivity index (χ1v) is 4.80. The summed E-state index contributed by atoms with van der Waals surface area (Å²) in [6.45, 7) is 2.01. The highest BCUT2D eigenvalue weighted by Crippen LogP contribution is 2.27. The Bertz CT molecular complexity index is 339. The van der Waals surface area contributed by atoms with E-state index >= 15 is 0 Å². The smallest absolute Gasteiger partial charge is 0.129 e. The molecule has 2 nitrogen and oxygen atoms in total. The van der Waals surface area contributed by atoms with Gasteiger partial charge in [-0.15, -0.1) is 0 Å². The van der Waals surface area contributed by atoms with Crippen LogP contribution in [0.1, 0.15) is 18.9 Å². The Kier molecular flexibility index (Phi) is 3.77. The molecule has 1 atom stereocenters. The maximum absolute atomic E-state index is 13.3. The summed E-state index contributed by atoms with van der Waals surface area (Å²) in [6.07, 6.45) is 0.323. The minimum Gasteiger partial charge on any atom is -0.385 e. The van der Waals surface area contributed by atoms with Crippen LogP contribution >= 0.6 is 0 Å². The van der Waals surface area contributed by atoms with Gasteiger partial charge in [0.05, 0.1) is 5.60 Å². The van der Waals surface area contributed by atoms with Crippen molar-refractivity contribution in [2.45, 2.75) is 18.9 Å². The van der Waals surface area contributed by atoms with Crippen molar-refractivity contribution < 1.29 is 13.9 Å². The fourth-order valence-corrected chi connectivity index (χ4v) is 1.41. The Morgan fingerprint density at radius 2 is 2.07 bits per heavy atom. The number of rotatable bonds is 4. The molecular formula is C11H15F2NO. The van der Waals surface area contributed by atoms with Crippen LogP contribution in [-0.4, -0.2) is 18.7 Å². The van der Waals surface area contributed by atoms with E-state index in [0.29, 0.717) is 13.0 Å². The Balaban J connectivity index is 2.97. The van der Waals surface area contributed by atoms with Gasteiger partial charge in [0.2, 0.25) is 0 Å². The number of hydrogen-bond donors (Lipinski definition) is 2. The summed E-state index contributed by atoms with van der Waals surface area (Å²) in [5, 5.41) is 12.8. The van der Waals surface area contributed by atoms with Crippen LogP contribution in [0.4, 0.5) is 8.78 Å². The summed E-state index contributed by atoms with van der Waals surface area (Å²) in [4.78, 5) is 0. The van der Waals surface area contributed by atoms with E-state index in [0.717, 1.165) is 18.2 Å². The molecule has 1 unspecified atom stereocenters. The van der Waals surface area contributed by atoms with E-state index in [2.05, 4.69) is 5.32 Å². The van der Waals surface area contributed by atoms with E-state index in [1.165, 1.54) is 6.92 Å². The highest BCUT2D eigenvalue weighted by Gasteiger charge is 2.26. The van der Waals surface area contributed by atoms with Crippen molar-refractivity contribution in [1.29, 1.82) is 0 Å². The molecule has 4 heteroatoms. The highest BCUT2D eigenvalue weighted by atomic mass is 19.1. The van der Waals surface area contributed by atoms with Gasteiger partial charge in [-0.3, -0.25) is 0 Å². The number of aliphatic hydroxyl groups is 1. The van der Waals surface area contributed by atoms with Crippen LogP contribution in [0.5, 0.6) is 0 Å². The molecule has 0 amide bonds. The van der Waals surface area contributed by atoms with E-state index in [1.807, 2.05) is 0 Å². The zero-order valence-electron chi connectivity index (χ0n) is 8.85. The molecule has 0 aromatic heterocycles. The summed E-state index contributed by atoms with van der Waals surface area (Å²) < 4.78 is 26.3. The molecule has 0 fully saturated rings. The number of benzene rings is 1. The third kappa shape index (κ3) is 2.97. The minimum atomic E-state index is -1.35. The number of nitrogens with one attached hydrogen (secondary N) is 1. The summed E-state index contributed by atoms with van der Waals surface area (Å²) >= 11 is 0. The van der Waals surface area contributed by atoms with E-state index in [1.54, 1.807) is 7.05 Å². The van der Waals surface area contributed by atoms with Gasteiger partial charge in [0.15, 0.2) is 0 Å². The molecule has 0 aliphatic heterocycles. The first-order chi connectivity index (χ1) is 6.97. The molecule has 0 spiro atoms. The van der Waals surface area contributed by atoms with E-state index < -0.39 is 17.2 Å². The predicted molar refractivity (Wildman–Crippen MR) is 54.5 cm³/mol. The quantitative estimate of drug-likeness (QED) is 0.802. The summed E-state index contributed by atoms with van der Waals surface area (Å²) in [5.74, 6) is -1.13. The largest absolute Gasteiger partial charge is 0.385 e. The van der Waals surface area contributed by atoms with Gasteiger partial charge in [-0.2, -0.15) is 0 Å². The lowest BCUT2D eigenvalue weighted by Crippen LogP contribution is -2.27. The Hall–Kier alpha value is -1.00. The molecule has 2 N–H and O–H groups in total. The van der Waals surface area contributed by atoms with Crippen molar-refractivity contribution in [3.8, 4) is 0 Å². The van der Waals surface area contributed by atoms with Gasteiger partial charge in [0, 0.05) is 5.56 Å². The number of halogens is 2. The lowest BCUT2D eigenvalue weighted by Gasteiger charge is -2.24. The van der Waals surface area contributed by atoms with Crippen molar-refractivity contribution in [2.75, 3.05) is 13.6 Å². The van der Waals surface area contributed by atoms with E-state index in [9.17, 15) is 13.9 Å². The molecule has 84 valence electrons. The molecule has 1 rings (SSSR count). The van der Waals surface area contributed by atoms with Gasteiger partial charge in [-0.05, 0) is 45.1 Å². The molecule has 0 aliphatic carbocycles. The maximum atomic E-state index is 13.3.